The highest BCUT2D eigenvalue weighted by Crippen LogP contribution is 2.13. The Morgan fingerprint density at radius 1 is 1.60 bits per heavy atom. The monoisotopic (exact) mass is 230 g/mol. The zero-order chi connectivity index (χ0) is 11.1. The molecule has 1 heterocycles. The molecule has 5 nitrogen and oxygen atoms in total. The van der Waals surface area contributed by atoms with Crippen LogP contribution in [0, 0.1) is 0 Å². The van der Waals surface area contributed by atoms with E-state index in [1.54, 1.807) is 16.3 Å². The molecule has 86 valence electrons. The van der Waals surface area contributed by atoms with Crippen LogP contribution in [-0.2, 0) is 6.54 Å². The summed E-state index contributed by atoms with van der Waals surface area (Å²) < 4.78 is 1.70. The molecule has 0 atom stereocenters. The molecule has 1 rings (SSSR count). The van der Waals surface area contributed by atoms with Crippen LogP contribution in [0.2, 0.25) is 0 Å². The fraction of sp³-hybridized carbons (Fsp3) is 0.778. The van der Waals surface area contributed by atoms with Gasteiger partial charge in [-0.05, 0) is 26.4 Å². The van der Waals surface area contributed by atoms with E-state index in [4.69, 9.17) is 0 Å². The molecule has 0 radical (unpaired) electrons. The fourth-order valence-corrected chi connectivity index (χ4v) is 2.16. The molecule has 0 aliphatic carbocycles. The van der Waals surface area contributed by atoms with Gasteiger partial charge in [0, 0.05) is 12.3 Å². The molecule has 0 aliphatic heterocycles. The van der Waals surface area contributed by atoms with Gasteiger partial charge in [0.25, 0.3) is 0 Å². The average molecular weight is 230 g/mol. The number of thioether (sulfide) groups is 1. The Bertz CT molecular complexity index is 333. The second-order valence-electron chi connectivity index (χ2n) is 3.27. The maximum absolute atomic E-state index is 11.3. The van der Waals surface area contributed by atoms with Gasteiger partial charge >= 0.3 is 5.69 Å². The number of aromatic amines is 1. The van der Waals surface area contributed by atoms with E-state index in [1.165, 1.54) is 0 Å². The van der Waals surface area contributed by atoms with E-state index in [-0.39, 0.29) is 5.69 Å². The lowest BCUT2D eigenvalue weighted by Gasteiger charge is -2.02. The van der Waals surface area contributed by atoms with E-state index in [1.807, 2.05) is 7.05 Å². The highest BCUT2D eigenvalue weighted by atomic mass is 32.2. The molecule has 0 saturated carbocycles. The molecule has 1 aromatic heterocycles. The fourth-order valence-electron chi connectivity index (χ4n) is 1.25. The van der Waals surface area contributed by atoms with E-state index in [2.05, 4.69) is 22.4 Å². The summed E-state index contributed by atoms with van der Waals surface area (Å²) >= 11 is 1.63. The molecule has 1 aromatic rings. The van der Waals surface area contributed by atoms with Gasteiger partial charge in [0.2, 0.25) is 0 Å². The third-order valence-electron chi connectivity index (χ3n) is 1.97. The number of hydrogen-bond acceptors (Lipinski definition) is 4. The highest BCUT2D eigenvalue weighted by molar-refractivity contribution is 7.99. The zero-order valence-corrected chi connectivity index (χ0v) is 10.1. The van der Waals surface area contributed by atoms with Crippen LogP contribution < -0.4 is 11.0 Å². The minimum Gasteiger partial charge on any atom is -0.320 e. The minimum absolute atomic E-state index is 0.104. The van der Waals surface area contributed by atoms with E-state index >= 15 is 0 Å². The Morgan fingerprint density at radius 2 is 2.40 bits per heavy atom. The van der Waals surface area contributed by atoms with Gasteiger partial charge in [-0.25, -0.2) is 9.89 Å². The van der Waals surface area contributed by atoms with Gasteiger partial charge in [0.05, 0.1) is 0 Å². The van der Waals surface area contributed by atoms with Crippen molar-refractivity contribution in [3.63, 3.8) is 0 Å². The number of hydrogen-bond donors (Lipinski definition) is 2. The van der Waals surface area contributed by atoms with Crippen LogP contribution in [-0.4, -0.2) is 34.1 Å². The van der Waals surface area contributed by atoms with Crippen LogP contribution in [0.3, 0.4) is 0 Å². The predicted molar refractivity (Wildman–Crippen MR) is 62.4 cm³/mol. The second kappa shape index (κ2) is 6.68. The van der Waals surface area contributed by atoms with Gasteiger partial charge < -0.3 is 5.32 Å². The molecule has 6 heteroatoms. The molecule has 0 bridgehead atoms. The van der Waals surface area contributed by atoms with Crippen molar-refractivity contribution in [2.24, 2.45) is 0 Å². The molecule has 2 N–H and O–H groups in total. The summed E-state index contributed by atoms with van der Waals surface area (Å²) in [5.74, 6) is 0.981. The van der Waals surface area contributed by atoms with Gasteiger partial charge in [-0.3, -0.25) is 4.57 Å². The second-order valence-corrected chi connectivity index (χ2v) is 4.33. The van der Waals surface area contributed by atoms with Gasteiger partial charge in [0.1, 0.15) is 0 Å². The van der Waals surface area contributed by atoms with Crippen LogP contribution in [0.5, 0.6) is 0 Å². The van der Waals surface area contributed by atoms with Crippen LogP contribution in [0.15, 0.2) is 9.95 Å². The van der Waals surface area contributed by atoms with Crippen molar-refractivity contribution >= 4 is 11.8 Å². The summed E-state index contributed by atoms with van der Waals surface area (Å²) in [7, 11) is 1.94. The highest BCUT2D eigenvalue weighted by Gasteiger charge is 2.06. The van der Waals surface area contributed by atoms with Crippen LogP contribution in [0.25, 0.3) is 0 Å². The van der Waals surface area contributed by atoms with Crippen LogP contribution in [0.4, 0.5) is 0 Å². The smallest absolute Gasteiger partial charge is 0.320 e. The van der Waals surface area contributed by atoms with Crippen molar-refractivity contribution in [1.82, 2.24) is 20.1 Å². The molecule has 0 saturated heterocycles. The van der Waals surface area contributed by atoms with Crippen molar-refractivity contribution in [2.45, 2.75) is 31.5 Å². The lowest BCUT2D eigenvalue weighted by atomic mass is 10.5. The Hall–Kier alpha value is -0.750. The summed E-state index contributed by atoms with van der Waals surface area (Å²) in [5, 5.41) is 10.4. The summed E-state index contributed by atoms with van der Waals surface area (Å²) in [6, 6.07) is 0. The zero-order valence-electron chi connectivity index (χ0n) is 9.25. The largest absolute Gasteiger partial charge is 0.343 e. The maximum Gasteiger partial charge on any atom is 0.343 e. The topological polar surface area (TPSA) is 62.7 Å². The van der Waals surface area contributed by atoms with Gasteiger partial charge in [-0.15, -0.1) is 5.10 Å². The quantitative estimate of drug-likeness (QED) is 0.534. The van der Waals surface area contributed by atoms with Crippen molar-refractivity contribution in [3.8, 4) is 0 Å². The van der Waals surface area contributed by atoms with E-state index in [0.29, 0.717) is 0 Å². The normalized spacial score (nSPS) is 10.8. The predicted octanol–water partition coefficient (Wildman–Crippen LogP) is 0.683. The van der Waals surface area contributed by atoms with Crippen molar-refractivity contribution in [2.75, 3.05) is 19.3 Å². The molecular formula is C9H18N4OS. The average Bonchev–Trinajstić information content (AvgIpc) is 2.57. The lowest BCUT2D eigenvalue weighted by Crippen LogP contribution is -2.17. The first kappa shape index (κ1) is 12.3. The molecule has 15 heavy (non-hydrogen) atoms. The summed E-state index contributed by atoms with van der Waals surface area (Å²) in [4.78, 5) is 11.3. The number of nitrogens with one attached hydrogen (secondary N) is 2. The van der Waals surface area contributed by atoms with E-state index in [9.17, 15) is 4.79 Å². The summed E-state index contributed by atoms with van der Waals surface area (Å²) in [6.45, 7) is 3.79. The van der Waals surface area contributed by atoms with E-state index in [0.717, 1.165) is 36.8 Å². The van der Waals surface area contributed by atoms with Crippen molar-refractivity contribution in [1.29, 1.82) is 0 Å². The maximum atomic E-state index is 11.3. The minimum atomic E-state index is -0.104. The van der Waals surface area contributed by atoms with Gasteiger partial charge in [-0.2, -0.15) is 0 Å². The van der Waals surface area contributed by atoms with Gasteiger partial charge in [0.15, 0.2) is 5.16 Å². The standard InChI is InChI=1S/C9H18N4OS/c1-3-6-13-8(14)11-12-9(13)15-7-4-5-10-2/h10H,3-7H2,1-2H3,(H,11,14). The summed E-state index contributed by atoms with van der Waals surface area (Å²) in [6.07, 6.45) is 2.03. The molecule has 0 unspecified atom stereocenters. The Morgan fingerprint density at radius 3 is 3.07 bits per heavy atom. The molecule has 0 spiro atoms. The first-order chi connectivity index (χ1) is 7.29. The number of H-pyrrole nitrogens is 1. The molecule has 0 fully saturated rings. The molecule has 0 aromatic carbocycles. The Labute approximate surface area is 93.6 Å². The van der Waals surface area contributed by atoms with Crippen molar-refractivity contribution in [3.05, 3.63) is 10.5 Å². The number of rotatable bonds is 7. The molecule has 0 aliphatic rings. The molecular weight excluding hydrogens is 212 g/mol. The first-order valence-corrected chi connectivity index (χ1v) is 6.20. The lowest BCUT2D eigenvalue weighted by molar-refractivity contribution is 0.603. The first-order valence-electron chi connectivity index (χ1n) is 5.22. The third-order valence-corrected chi connectivity index (χ3v) is 3.04. The van der Waals surface area contributed by atoms with Crippen LogP contribution >= 0.6 is 11.8 Å². The van der Waals surface area contributed by atoms with Gasteiger partial charge in [-0.1, -0.05) is 18.7 Å². The number of aromatic nitrogens is 3. The molecule has 0 amide bonds. The SMILES string of the molecule is CCCn1c(SCCCNC)n[nH]c1=O. The van der Waals surface area contributed by atoms with E-state index < -0.39 is 0 Å². The Kier molecular flexibility index (Phi) is 5.49. The number of nitrogens with zero attached hydrogens (tertiary/aromatic N) is 2. The summed E-state index contributed by atoms with van der Waals surface area (Å²) in [5.41, 5.74) is -0.104. The Balaban J connectivity index is 2.49. The third kappa shape index (κ3) is 3.71. The van der Waals surface area contributed by atoms with Crippen molar-refractivity contribution < 1.29 is 0 Å². The van der Waals surface area contributed by atoms with Crippen LogP contribution in [0.1, 0.15) is 19.8 Å².